The molecule has 1 N–H and O–H groups in total. The fraction of sp³-hybridized carbons (Fsp3) is 0.105. The number of aromatic nitrogens is 5. The molecule has 0 saturated heterocycles. The van der Waals surface area contributed by atoms with Crippen LogP contribution in [0.15, 0.2) is 59.8 Å². The third-order valence-electron chi connectivity index (χ3n) is 3.90. The fourth-order valence-electron chi connectivity index (χ4n) is 2.55. The maximum atomic E-state index is 12.2. The SMILES string of the molecule is Cc1nc(Oc2ccc(NC(=O)c3cnoc3C)cc2)cc(-n2ccnc2)n1. The van der Waals surface area contributed by atoms with Gasteiger partial charge in [-0.3, -0.25) is 9.36 Å². The van der Waals surface area contributed by atoms with Gasteiger partial charge in [0, 0.05) is 24.1 Å². The highest BCUT2D eigenvalue weighted by atomic mass is 16.5. The molecule has 0 atom stereocenters. The number of anilines is 1. The van der Waals surface area contributed by atoms with E-state index in [-0.39, 0.29) is 5.91 Å². The zero-order valence-corrected chi connectivity index (χ0v) is 15.2. The molecule has 9 nitrogen and oxygen atoms in total. The summed E-state index contributed by atoms with van der Waals surface area (Å²) in [6, 6.07) is 8.68. The molecule has 0 radical (unpaired) electrons. The predicted octanol–water partition coefficient (Wildman–Crippen LogP) is 3.31. The number of rotatable bonds is 5. The van der Waals surface area contributed by atoms with Crippen molar-refractivity contribution in [2.45, 2.75) is 13.8 Å². The van der Waals surface area contributed by atoms with Gasteiger partial charge in [-0.25, -0.2) is 9.97 Å². The van der Waals surface area contributed by atoms with Crippen LogP contribution < -0.4 is 10.1 Å². The molecule has 0 aliphatic rings. The zero-order chi connectivity index (χ0) is 19.5. The highest BCUT2D eigenvalue weighted by Crippen LogP contribution is 2.23. The van der Waals surface area contributed by atoms with Crippen LogP contribution >= 0.6 is 0 Å². The maximum Gasteiger partial charge on any atom is 0.260 e. The maximum absolute atomic E-state index is 12.2. The molecule has 140 valence electrons. The first-order chi connectivity index (χ1) is 13.6. The Labute approximate surface area is 160 Å². The number of nitrogens with zero attached hydrogens (tertiary/aromatic N) is 5. The van der Waals surface area contributed by atoms with Crippen molar-refractivity contribution >= 4 is 11.6 Å². The van der Waals surface area contributed by atoms with E-state index in [9.17, 15) is 4.79 Å². The summed E-state index contributed by atoms with van der Waals surface area (Å²) in [7, 11) is 0. The average Bonchev–Trinajstić information content (AvgIpc) is 3.34. The van der Waals surface area contributed by atoms with E-state index in [0.29, 0.717) is 40.3 Å². The monoisotopic (exact) mass is 376 g/mol. The topological polar surface area (TPSA) is 108 Å². The number of amides is 1. The molecule has 3 aromatic heterocycles. The van der Waals surface area contributed by atoms with Crippen LogP contribution in [0.5, 0.6) is 11.6 Å². The van der Waals surface area contributed by atoms with Gasteiger partial charge in [0.2, 0.25) is 5.88 Å². The third kappa shape index (κ3) is 3.73. The molecule has 9 heteroatoms. The van der Waals surface area contributed by atoms with E-state index in [1.807, 2.05) is 0 Å². The molecule has 0 bridgehead atoms. The quantitative estimate of drug-likeness (QED) is 0.569. The number of hydrogen-bond acceptors (Lipinski definition) is 7. The van der Waals surface area contributed by atoms with E-state index >= 15 is 0 Å². The number of aryl methyl sites for hydroxylation is 2. The van der Waals surface area contributed by atoms with Gasteiger partial charge < -0.3 is 14.6 Å². The molecule has 1 amide bonds. The van der Waals surface area contributed by atoms with Gasteiger partial charge in [0.15, 0.2) is 0 Å². The van der Waals surface area contributed by atoms with E-state index < -0.39 is 0 Å². The minimum Gasteiger partial charge on any atom is -0.439 e. The van der Waals surface area contributed by atoms with Gasteiger partial charge in [-0.15, -0.1) is 0 Å². The lowest BCUT2D eigenvalue weighted by Gasteiger charge is -2.09. The molecule has 3 heterocycles. The van der Waals surface area contributed by atoms with Crippen molar-refractivity contribution in [3.63, 3.8) is 0 Å². The van der Waals surface area contributed by atoms with E-state index in [1.54, 1.807) is 67.5 Å². The lowest BCUT2D eigenvalue weighted by Crippen LogP contribution is -2.11. The van der Waals surface area contributed by atoms with E-state index in [1.165, 1.54) is 6.20 Å². The first-order valence-electron chi connectivity index (χ1n) is 8.43. The van der Waals surface area contributed by atoms with Crippen molar-refractivity contribution in [2.24, 2.45) is 0 Å². The highest BCUT2D eigenvalue weighted by molar-refractivity contribution is 6.04. The molecule has 4 rings (SSSR count). The third-order valence-corrected chi connectivity index (χ3v) is 3.90. The minimum absolute atomic E-state index is 0.288. The summed E-state index contributed by atoms with van der Waals surface area (Å²) < 4.78 is 12.5. The summed E-state index contributed by atoms with van der Waals surface area (Å²) in [4.78, 5) is 24.9. The molecule has 0 aliphatic carbocycles. The van der Waals surface area contributed by atoms with Gasteiger partial charge >= 0.3 is 0 Å². The molecule has 28 heavy (non-hydrogen) atoms. The lowest BCUT2D eigenvalue weighted by molar-refractivity contribution is 0.102. The van der Waals surface area contributed by atoms with Crippen molar-refractivity contribution in [1.29, 1.82) is 0 Å². The first kappa shape index (κ1) is 17.4. The van der Waals surface area contributed by atoms with Gasteiger partial charge in [-0.2, -0.15) is 4.98 Å². The Bertz CT molecular complexity index is 1100. The first-order valence-corrected chi connectivity index (χ1v) is 8.43. The Morgan fingerprint density at radius 1 is 1.18 bits per heavy atom. The molecule has 0 fully saturated rings. The largest absolute Gasteiger partial charge is 0.439 e. The van der Waals surface area contributed by atoms with Crippen LogP contribution in [0.3, 0.4) is 0 Å². The second-order valence-corrected chi connectivity index (χ2v) is 5.96. The van der Waals surface area contributed by atoms with Crippen LogP contribution in [0, 0.1) is 13.8 Å². The number of carbonyl (C=O) groups excluding carboxylic acids is 1. The highest BCUT2D eigenvalue weighted by Gasteiger charge is 2.13. The molecule has 0 aliphatic heterocycles. The summed E-state index contributed by atoms with van der Waals surface area (Å²) in [5.74, 6) is 2.40. The van der Waals surface area contributed by atoms with Crippen LogP contribution in [0.1, 0.15) is 21.9 Å². The average molecular weight is 376 g/mol. The van der Waals surface area contributed by atoms with Crippen molar-refractivity contribution in [3.8, 4) is 17.4 Å². The van der Waals surface area contributed by atoms with E-state index in [2.05, 4.69) is 25.4 Å². The van der Waals surface area contributed by atoms with E-state index in [4.69, 9.17) is 9.26 Å². The Morgan fingerprint density at radius 3 is 2.68 bits per heavy atom. The summed E-state index contributed by atoms with van der Waals surface area (Å²) in [5.41, 5.74) is 1.01. The number of imidazole rings is 1. The molecular formula is C19H16N6O3. The summed E-state index contributed by atoms with van der Waals surface area (Å²) in [6.45, 7) is 3.47. The molecule has 0 unspecified atom stereocenters. The van der Waals surface area contributed by atoms with Gasteiger partial charge in [0.25, 0.3) is 5.91 Å². The predicted molar refractivity (Wildman–Crippen MR) is 99.6 cm³/mol. The van der Waals surface area contributed by atoms with Crippen molar-refractivity contribution < 1.29 is 14.1 Å². The van der Waals surface area contributed by atoms with Crippen molar-refractivity contribution in [1.82, 2.24) is 24.7 Å². The normalized spacial score (nSPS) is 10.6. The van der Waals surface area contributed by atoms with Crippen molar-refractivity contribution in [3.05, 3.63) is 72.4 Å². The second kappa shape index (κ2) is 7.31. The Balaban J connectivity index is 1.48. The van der Waals surface area contributed by atoms with Crippen LogP contribution in [0.25, 0.3) is 5.82 Å². The van der Waals surface area contributed by atoms with Crippen LogP contribution in [-0.4, -0.2) is 30.6 Å². The number of carbonyl (C=O) groups is 1. The molecule has 4 aromatic rings. The van der Waals surface area contributed by atoms with Crippen LogP contribution in [0.4, 0.5) is 5.69 Å². The fourth-order valence-corrected chi connectivity index (χ4v) is 2.55. The Hall–Kier alpha value is -4.01. The number of benzene rings is 1. The summed E-state index contributed by atoms with van der Waals surface area (Å²) >= 11 is 0. The molecule has 0 saturated carbocycles. The molecule has 1 aromatic carbocycles. The van der Waals surface area contributed by atoms with Crippen LogP contribution in [-0.2, 0) is 0 Å². The molecular weight excluding hydrogens is 360 g/mol. The van der Waals surface area contributed by atoms with Crippen LogP contribution in [0.2, 0.25) is 0 Å². The van der Waals surface area contributed by atoms with Crippen molar-refractivity contribution in [2.75, 3.05) is 5.32 Å². The van der Waals surface area contributed by atoms with E-state index in [0.717, 1.165) is 0 Å². The Kier molecular flexibility index (Phi) is 4.55. The lowest BCUT2D eigenvalue weighted by atomic mass is 10.2. The van der Waals surface area contributed by atoms with Gasteiger partial charge in [-0.1, -0.05) is 5.16 Å². The summed E-state index contributed by atoms with van der Waals surface area (Å²) in [5, 5.41) is 6.39. The number of hydrogen-bond donors (Lipinski definition) is 1. The van der Waals surface area contributed by atoms with Gasteiger partial charge in [0.1, 0.15) is 35.0 Å². The second-order valence-electron chi connectivity index (χ2n) is 5.96. The molecule has 0 spiro atoms. The minimum atomic E-state index is -0.288. The zero-order valence-electron chi connectivity index (χ0n) is 15.2. The number of ether oxygens (including phenoxy) is 1. The standard InChI is InChI=1S/C19H16N6O3/c1-12-16(10-21-28-12)19(26)24-14-3-5-15(6-4-14)27-18-9-17(22-13(2)23-18)25-8-7-20-11-25/h3-11H,1-2H3,(H,24,26). The Morgan fingerprint density at radius 2 is 2.00 bits per heavy atom. The van der Waals surface area contributed by atoms with Gasteiger partial charge in [-0.05, 0) is 38.1 Å². The van der Waals surface area contributed by atoms with Gasteiger partial charge in [0.05, 0.1) is 6.20 Å². The smallest absolute Gasteiger partial charge is 0.260 e. The number of nitrogens with one attached hydrogen (secondary N) is 1. The summed E-state index contributed by atoms with van der Waals surface area (Å²) in [6.07, 6.45) is 6.50.